The molecule has 2 rings (SSSR count). The smallest absolute Gasteiger partial charge is 0.287 e. The monoisotopic (exact) mass is 291 g/mol. The lowest BCUT2D eigenvalue weighted by Gasteiger charge is -1.96. The molecule has 0 spiro atoms. The highest BCUT2D eigenvalue weighted by atomic mass is 79.9. The molecule has 0 saturated carbocycles. The van der Waals surface area contributed by atoms with Crippen molar-refractivity contribution in [1.82, 2.24) is 10.4 Å². The van der Waals surface area contributed by atoms with E-state index in [2.05, 4.69) is 31.4 Å². The summed E-state index contributed by atoms with van der Waals surface area (Å²) in [6.07, 6.45) is 3.28. The first-order valence-electron chi connectivity index (χ1n) is 4.98. The largest absolute Gasteiger partial charge is 0.357 e. The van der Waals surface area contributed by atoms with E-state index in [0.29, 0.717) is 5.69 Å². The molecule has 4 nitrogen and oxygen atoms in total. The second kappa shape index (κ2) is 5.45. The van der Waals surface area contributed by atoms with Gasteiger partial charge in [-0.15, -0.1) is 0 Å². The summed E-state index contributed by atoms with van der Waals surface area (Å²) in [5, 5.41) is 3.87. The topological polar surface area (TPSA) is 57.2 Å². The van der Waals surface area contributed by atoms with Gasteiger partial charge in [-0.05, 0) is 29.8 Å². The number of aromatic amines is 1. The number of H-pyrrole nitrogens is 1. The summed E-state index contributed by atoms with van der Waals surface area (Å²) in [7, 11) is 0. The first kappa shape index (κ1) is 11.6. The number of carbonyl (C=O) groups excluding carboxylic acids is 1. The molecule has 2 N–H and O–H groups in total. The Hall–Kier alpha value is -1.88. The second-order valence-corrected chi connectivity index (χ2v) is 4.25. The van der Waals surface area contributed by atoms with Crippen molar-refractivity contribution in [2.75, 3.05) is 0 Å². The van der Waals surface area contributed by atoms with Gasteiger partial charge in [0.2, 0.25) is 0 Å². The molecule has 1 aromatic heterocycles. The van der Waals surface area contributed by atoms with E-state index in [1.165, 1.54) is 0 Å². The summed E-state index contributed by atoms with van der Waals surface area (Å²) in [6, 6.07) is 11.1. The van der Waals surface area contributed by atoms with Gasteiger partial charge in [0.25, 0.3) is 5.91 Å². The number of hydrazone groups is 1. The van der Waals surface area contributed by atoms with Crippen molar-refractivity contribution in [2.24, 2.45) is 5.10 Å². The lowest BCUT2D eigenvalue weighted by Crippen LogP contribution is -2.17. The van der Waals surface area contributed by atoms with Crippen LogP contribution in [0.3, 0.4) is 0 Å². The van der Waals surface area contributed by atoms with Gasteiger partial charge in [0.1, 0.15) is 5.69 Å². The summed E-state index contributed by atoms with van der Waals surface area (Å²) in [4.78, 5) is 14.3. The van der Waals surface area contributed by atoms with Crippen LogP contribution in [0, 0.1) is 0 Å². The van der Waals surface area contributed by atoms with Crippen molar-refractivity contribution >= 4 is 28.1 Å². The maximum Gasteiger partial charge on any atom is 0.287 e. The van der Waals surface area contributed by atoms with Gasteiger partial charge in [0, 0.05) is 10.7 Å². The highest BCUT2D eigenvalue weighted by Crippen LogP contribution is 2.09. The fraction of sp³-hybridized carbons (Fsp3) is 0. The van der Waals surface area contributed by atoms with Crippen LogP contribution in [-0.4, -0.2) is 17.1 Å². The molecule has 0 saturated heterocycles. The molecule has 86 valence electrons. The van der Waals surface area contributed by atoms with E-state index in [1.54, 1.807) is 24.5 Å². The van der Waals surface area contributed by atoms with E-state index in [9.17, 15) is 4.79 Å². The van der Waals surface area contributed by atoms with Crippen LogP contribution >= 0.6 is 15.9 Å². The highest BCUT2D eigenvalue weighted by molar-refractivity contribution is 9.10. The number of hydrogen-bond acceptors (Lipinski definition) is 2. The van der Waals surface area contributed by atoms with E-state index < -0.39 is 0 Å². The Balaban J connectivity index is 1.96. The second-order valence-electron chi connectivity index (χ2n) is 3.34. The molecule has 0 fully saturated rings. The van der Waals surface area contributed by atoms with Crippen LogP contribution in [0.4, 0.5) is 0 Å². The number of nitrogens with zero attached hydrogens (tertiary/aromatic N) is 1. The molecule has 0 bridgehead atoms. The Kier molecular flexibility index (Phi) is 3.72. The van der Waals surface area contributed by atoms with E-state index >= 15 is 0 Å². The molecule has 0 atom stereocenters. The van der Waals surface area contributed by atoms with Gasteiger partial charge < -0.3 is 4.98 Å². The zero-order valence-corrected chi connectivity index (χ0v) is 10.4. The number of amides is 1. The number of hydrogen-bond donors (Lipinski definition) is 2. The third-order valence-corrected chi connectivity index (χ3v) is 2.56. The summed E-state index contributed by atoms with van der Waals surface area (Å²) in [5.74, 6) is -0.263. The summed E-state index contributed by atoms with van der Waals surface area (Å²) < 4.78 is 0.970. The van der Waals surface area contributed by atoms with Crippen LogP contribution in [0.1, 0.15) is 16.1 Å². The molecule has 0 radical (unpaired) electrons. The number of rotatable bonds is 3. The number of nitrogens with one attached hydrogen (secondary N) is 2. The minimum absolute atomic E-state index is 0.263. The maximum absolute atomic E-state index is 11.5. The lowest BCUT2D eigenvalue weighted by molar-refractivity contribution is 0.0951. The average molecular weight is 292 g/mol. The van der Waals surface area contributed by atoms with Gasteiger partial charge in [-0.2, -0.15) is 5.10 Å². The predicted molar refractivity (Wildman–Crippen MR) is 70.0 cm³/mol. The SMILES string of the molecule is O=C(N/N=C\c1cccc(Br)c1)c1ccc[nH]1. The molecule has 1 aromatic carbocycles. The molecule has 0 unspecified atom stereocenters. The zero-order chi connectivity index (χ0) is 12.1. The fourth-order valence-corrected chi connectivity index (χ4v) is 1.70. The maximum atomic E-state index is 11.5. The van der Waals surface area contributed by atoms with E-state index in [-0.39, 0.29) is 5.91 Å². The van der Waals surface area contributed by atoms with Crippen molar-refractivity contribution in [3.63, 3.8) is 0 Å². The highest BCUT2D eigenvalue weighted by Gasteiger charge is 2.02. The van der Waals surface area contributed by atoms with Crippen LogP contribution in [0.5, 0.6) is 0 Å². The third-order valence-electron chi connectivity index (χ3n) is 2.07. The Bertz CT molecular complexity index is 534. The van der Waals surface area contributed by atoms with Gasteiger partial charge in [0.15, 0.2) is 0 Å². The molecular formula is C12H10BrN3O. The molecular weight excluding hydrogens is 282 g/mol. The van der Waals surface area contributed by atoms with Crippen LogP contribution in [-0.2, 0) is 0 Å². The van der Waals surface area contributed by atoms with Crippen LogP contribution < -0.4 is 5.43 Å². The van der Waals surface area contributed by atoms with Crippen molar-refractivity contribution in [3.8, 4) is 0 Å². The third kappa shape index (κ3) is 3.29. The Morgan fingerprint density at radius 2 is 2.24 bits per heavy atom. The van der Waals surface area contributed by atoms with Gasteiger partial charge in [-0.1, -0.05) is 28.1 Å². The van der Waals surface area contributed by atoms with Crippen molar-refractivity contribution in [2.45, 2.75) is 0 Å². The van der Waals surface area contributed by atoms with Crippen LogP contribution in [0.15, 0.2) is 52.2 Å². The van der Waals surface area contributed by atoms with Crippen LogP contribution in [0.2, 0.25) is 0 Å². The Labute approximate surface area is 107 Å². The number of aromatic nitrogens is 1. The molecule has 5 heteroatoms. The lowest BCUT2D eigenvalue weighted by atomic mass is 10.2. The zero-order valence-electron chi connectivity index (χ0n) is 8.85. The number of halogens is 1. The molecule has 0 aliphatic carbocycles. The molecule has 2 aromatic rings. The molecule has 1 heterocycles. The van der Waals surface area contributed by atoms with Crippen LogP contribution in [0.25, 0.3) is 0 Å². The van der Waals surface area contributed by atoms with Crippen molar-refractivity contribution in [1.29, 1.82) is 0 Å². The van der Waals surface area contributed by atoms with E-state index in [4.69, 9.17) is 0 Å². The van der Waals surface area contributed by atoms with Gasteiger partial charge in [0.05, 0.1) is 6.21 Å². The average Bonchev–Trinajstić information content (AvgIpc) is 2.82. The Morgan fingerprint density at radius 3 is 2.94 bits per heavy atom. The van der Waals surface area contributed by atoms with Gasteiger partial charge in [-0.3, -0.25) is 4.79 Å². The summed E-state index contributed by atoms with van der Waals surface area (Å²) in [5.41, 5.74) is 3.83. The summed E-state index contributed by atoms with van der Waals surface area (Å²) in [6.45, 7) is 0. The minimum Gasteiger partial charge on any atom is -0.357 e. The van der Waals surface area contributed by atoms with E-state index in [0.717, 1.165) is 10.0 Å². The standard InChI is InChI=1S/C12H10BrN3O/c13-10-4-1-3-9(7-10)8-15-16-12(17)11-5-2-6-14-11/h1-8,14H,(H,16,17)/b15-8-. The minimum atomic E-state index is -0.263. The van der Waals surface area contributed by atoms with Crippen molar-refractivity contribution in [3.05, 3.63) is 58.3 Å². The first-order chi connectivity index (χ1) is 8.25. The molecule has 0 aliphatic rings. The summed E-state index contributed by atoms with van der Waals surface area (Å²) >= 11 is 3.36. The fourth-order valence-electron chi connectivity index (χ4n) is 1.28. The number of carbonyl (C=O) groups is 1. The van der Waals surface area contributed by atoms with Crippen molar-refractivity contribution < 1.29 is 4.79 Å². The Morgan fingerprint density at radius 1 is 1.35 bits per heavy atom. The molecule has 0 aliphatic heterocycles. The number of benzene rings is 1. The molecule has 17 heavy (non-hydrogen) atoms. The quantitative estimate of drug-likeness (QED) is 0.663. The normalized spacial score (nSPS) is 10.6. The molecule has 1 amide bonds. The van der Waals surface area contributed by atoms with Gasteiger partial charge in [-0.25, -0.2) is 5.43 Å². The van der Waals surface area contributed by atoms with Gasteiger partial charge >= 0.3 is 0 Å². The predicted octanol–water partition coefficient (Wildman–Crippen LogP) is 2.54. The first-order valence-corrected chi connectivity index (χ1v) is 5.77. The van der Waals surface area contributed by atoms with E-state index in [1.807, 2.05) is 24.3 Å².